The topological polar surface area (TPSA) is 26.3 Å². The molecule has 2 atom stereocenters. The number of allylic oxidation sites excluding steroid dienone is 2. The molecule has 0 spiro atoms. The Morgan fingerprint density at radius 1 is 0.955 bits per heavy atom. The van der Waals surface area contributed by atoms with Crippen LogP contribution in [0.4, 0.5) is 0 Å². The van der Waals surface area contributed by atoms with Crippen molar-refractivity contribution in [3.63, 3.8) is 0 Å². The highest BCUT2D eigenvalue weighted by atomic mass is 16.5. The summed E-state index contributed by atoms with van der Waals surface area (Å²) in [5, 5.41) is 0. The van der Waals surface area contributed by atoms with Crippen LogP contribution >= 0.6 is 0 Å². The van der Waals surface area contributed by atoms with Crippen LogP contribution in [0, 0.1) is 5.92 Å². The lowest BCUT2D eigenvalue weighted by Gasteiger charge is -2.44. The molecule has 1 fully saturated rings. The van der Waals surface area contributed by atoms with E-state index in [1.807, 2.05) is 36.4 Å². The number of rotatable bonds is 3. The van der Waals surface area contributed by atoms with Crippen LogP contribution in [0.25, 0.3) is 5.57 Å². The largest absolute Gasteiger partial charge is 0.499 e. The van der Waals surface area contributed by atoms with E-state index in [0.717, 1.165) is 23.3 Å². The molecule has 2 heteroatoms. The van der Waals surface area contributed by atoms with Crippen molar-refractivity contribution in [1.29, 1.82) is 0 Å². The fraction of sp³-hybridized carbons (Fsp3) is 0.250. The number of hydrogen-bond acceptors (Lipinski definition) is 2. The summed E-state index contributed by atoms with van der Waals surface area (Å²) in [5.74, 6) is 1.46. The molecule has 2 aliphatic rings. The number of benzene rings is 2. The van der Waals surface area contributed by atoms with E-state index in [2.05, 4.69) is 24.3 Å². The van der Waals surface area contributed by atoms with Gasteiger partial charge in [0.25, 0.3) is 0 Å². The summed E-state index contributed by atoms with van der Waals surface area (Å²) in [4.78, 5) is 12.7. The fourth-order valence-corrected chi connectivity index (χ4v) is 4.15. The van der Waals surface area contributed by atoms with Gasteiger partial charge in [0, 0.05) is 6.42 Å². The monoisotopic (exact) mass is 290 g/mol. The molecule has 22 heavy (non-hydrogen) atoms. The number of carbonyl (C=O) groups is 1. The Hall–Kier alpha value is -2.35. The van der Waals surface area contributed by atoms with Gasteiger partial charge in [-0.1, -0.05) is 60.7 Å². The van der Waals surface area contributed by atoms with Gasteiger partial charge < -0.3 is 4.74 Å². The molecule has 0 bridgehead atoms. The second kappa shape index (κ2) is 4.84. The molecule has 2 aromatic rings. The lowest BCUT2D eigenvalue weighted by Crippen LogP contribution is -2.52. The van der Waals surface area contributed by atoms with Crippen LogP contribution in [0.2, 0.25) is 0 Å². The lowest BCUT2D eigenvalue weighted by molar-refractivity contribution is -0.136. The first-order valence-corrected chi connectivity index (χ1v) is 7.70. The number of Topliss-reactive ketones (excluding diaryl/α,β-unsaturated/α-hetero) is 1. The van der Waals surface area contributed by atoms with Gasteiger partial charge in [0.15, 0.2) is 5.78 Å². The minimum atomic E-state index is -0.554. The SMILES string of the molecule is COC1=C(c2ccccc2)C[C@H]2CC(=O)[C@@]12c1ccccc1. The molecule has 2 aromatic carbocycles. The van der Waals surface area contributed by atoms with Crippen LogP contribution in [0.3, 0.4) is 0 Å². The normalized spacial score (nSPS) is 26.6. The highest BCUT2D eigenvalue weighted by Crippen LogP contribution is 2.60. The van der Waals surface area contributed by atoms with Crippen LogP contribution in [-0.2, 0) is 14.9 Å². The van der Waals surface area contributed by atoms with Crippen molar-refractivity contribution in [2.75, 3.05) is 7.11 Å². The van der Waals surface area contributed by atoms with E-state index in [1.54, 1.807) is 7.11 Å². The predicted octanol–water partition coefficient (Wildman–Crippen LogP) is 3.97. The maximum Gasteiger partial charge on any atom is 0.151 e. The summed E-state index contributed by atoms with van der Waals surface area (Å²) in [6.07, 6.45) is 1.56. The van der Waals surface area contributed by atoms with E-state index in [0.29, 0.717) is 12.3 Å². The zero-order valence-corrected chi connectivity index (χ0v) is 12.6. The Balaban J connectivity index is 1.93. The van der Waals surface area contributed by atoms with Crippen molar-refractivity contribution in [3.8, 4) is 0 Å². The Labute approximate surface area is 130 Å². The summed E-state index contributed by atoms with van der Waals surface area (Å²) in [6, 6.07) is 20.4. The number of ether oxygens (including phenoxy) is 1. The highest BCUT2D eigenvalue weighted by Gasteiger charge is 2.63. The molecule has 0 aliphatic heterocycles. The van der Waals surface area contributed by atoms with E-state index in [1.165, 1.54) is 5.57 Å². The van der Waals surface area contributed by atoms with Crippen molar-refractivity contribution in [2.45, 2.75) is 18.3 Å². The molecule has 0 radical (unpaired) electrons. The highest BCUT2D eigenvalue weighted by molar-refractivity contribution is 6.04. The van der Waals surface area contributed by atoms with Gasteiger partial charge in [-0.05, 0) is 29.0 Å². The van der Waals surface area contributed by atoms with Crippen molar-refractivity contribution in [1.82, 2.24) is 0 Å². The van der Waals surface area contributed by atoms with E-state index in [-0.39, 0.29) is 5.78 Å². The van der Waals surface area contributed by atoms with Crippen molar-refractivity contribution < 1.29 is 9.53 Å². The standard InChI is InChI=1S/C20H18O2/c1-22-19-17(14-8-4-2-5-9-14)12-16-13-18(21)20(16,19)15-10-6-3-7-11-15/h2-11,16H,12-13H2,1H3/t16-,20-/m0/s1. The minimum Gasteiger partial charge on any atom is -0.499 e. The van der Waals surface area contributed by atoms with E-state index >= 15 is 0 Å². The molecule has 1 saturated carbocycles. The molecule has 2 nitrogen and oxygen atoms in total. The quantitative estimate of drug-likeness (QED) is 0.855. The zero-order chi connectivity index (χ0) is 15.2. The van der Waals surface area contributed by atoms with Crippen LogP contribution < -0.4 is 0 Å². The first-order valence-electron chi connectivity index (χ1n) is 7.70. The molecule has 0 unspecified atom stereocenters. The van der Waals surface area contributed by atoms with Gasteiger partial charge in [-0.15, -0.1) is 0 Å². The molecular formula is C20H18O2. The van der Waals surface area contributed by atoms with Crippen LogP contribution in [-0.4, -0.2) is 12.9 Å². The number of fused-ring (bicyclic) bond motifs is 1. The molecule has 110 valence electrons. The van der Waals surface area contributed by atoms with E-state index < -0.39 is 5.41 Å². The summed E-state index contributed by atoms with van der Waals surface area (Å²) in [5.41, 5.74) is 2.86. The van der Waals surface area contributed by atoms with Gasteiger partial charge in [-0.2, -0.15) is 0 Å². The predicted molar refractivity (Wildman–Crippen MR) is 86.2 cm³/mol. The first-order chi connectivity index (χ1) is 10.8. The van der Waals surface area contributed by atoms with Crippen molar-refractivity contribution >= 4 is 11.4 Å². The van der Waals surface area contributed by atoms with Gasteiger partial charge in [-0.25, -0.2) is 0 Å². The molecule has 4 rings (SSSR count). The lowest BCUT2D eigenvalue weighted by atomic mass is 9.57. The maximum absolute atomic E-state index is 12.7. The molecular weight excluding hydrogens is 272 g/mol. The average molecular weight is 290 g/mol. The maximum atomic E-state index is 12.7. The third kappa shape index (κ3) is 1.58. The van der Waals surface area contributed by atoms with Crippen molar-refractivity contribution in [3.05, 3.63) is 77.5 Å². The van der Waals surface area contributed by atoms with Crippen LogP contribution in [0.1, 0.15) is 24.0 Å². The van der Waals surface area contributed by atoms with Gasteiger partial charge in [0.2, 0.25) is 0 Å². The van der Waals surface area contributed by atoms with E-state index in [4.69, 9.17) is 4.74 Å². The molecule has 0 saturated heterocycles. The Morgan fingerprint density at radius 3 is 2.18 bits per heavy atom. The van der Waals surface area contributed by atoms with Crippen molar-refractivity contribution in [2.24, 2.45) is 5.92 Å². The van der Waals surface area contributed by atoms with Crippen LogP contribution in [0.5, 0.6) is 0 Å². The second-order valence-electron chi connectivity index (χ2n) is 6.08. The average Bonchev–Trinajstić information content (AvgIpc) is 2.85. The number of ketones is 1. The molecule has 2 aliphatic carbocycles. The smallest absolute Gasteiger partial charge is 0.151 e. The number of carbonyl (C=O) groups excluding carboxylic acids is 1. The molecule has 0 aromatic heterocycles. The minimum absolute atomic E-state index is 0.284. The number of methoxy groups -OCH3 is 1. The third-order valence-electron chi connectivity index (χ3n) is 5.12. The zero-order valence-electron chi connectivity index (χ0n) is 12.6. The number of hydrogen-bond donors (Lipinski definition) is 0. The van der Waals surface area contributed by atoms with Crippen LogP contribution in [0.15, 0.2) is 66.4 Å². The van der Waals surface area contributed by atoms with Gasteiger partial charge in [0.05, 0.1) is 7.11 Å². The Kier molecular flexibility index (Phi) is 2.93. The first kappa shape index (κ1) is 13.3. The molecule has 0 amide bonds. The van der Waals surface area contributed by atoms with E-state index in [9.17, 15) is 4.79 Å². The summed E-state index contributed by atoms with van der Waals surface area (Å²) >= 11 is 0. The summed E-state index contributed by atoms with van der Waals surface area (Å²) in [7, 11) is 1.69. The summed E-state index contributed by atoms with van der Waals surface area (Å²) in [6.45, 7) is 0. The van der Waals surface area contributed by atoms with Gasteiger partial charge in [0.1, 0.15) is 11.2 Å². The van der Waals surface area contributed by atoms with Gasteiger partial charge >= 0.3 is 0 Å². The third-order valence-corrected chi connectivity index (χ3v) is 5.12. The second-order valence-corrected chi connectivity index (χ2v) is 6.08. The summed E-state index contributed by atoms with van der Waals surface area (Å²) < 4.78 is 5.80. The Bertz CT molecular complexity index is 746. The van der Waals surface area contributed by atoms with Gasteiger partial charge in [-0.3, -0.25) is 4.79 Å². The fourth-order valence-electron chi connectivity index (χ4n) is 4.15. The Morgan fingerprint density at radius 2 is 1.59 bits per heavy atom. The molecule has 0 N–H and O–H groups in total. The molecule has 0 heterocycles.